The van der Waals surface area contributed by atoms with Crippen molar-refractivity contribution in [1.29, 1.82) is 0 Å². The molecule has 20 heavy (non-hydrogen) atoms. The Morgan fingerprint density at radius 1 is 1.55 bits per heavy atom. The highest BCUT2D eigenvalue weighted by Crippen LogP contribution is 2.27. The van der Waals surface area contributed by atoms with Crippen molar-refractivity contribution in [2.24, 2.45) is 0 Å². The van der Waals surface area contributed by atoms with Gasteiger partial charge in [0.25, 0.3) is 5.91 Å². The van der Waals surface area contributed by atoms with E-state index in [1.54, 1.807) is 30.1 Å². The summed E-state index contributed by atoms with van der Waals surface area (Å²) in [6.45, 7) is 0.667. The van der Waals surface area contributed by atoms with Crippen LogP contribution in [0.5, 0.6) is 5.75 Å². The zero-order valence-corrected chi connectivity index (χ0v) is 12.5. The van der Waals surface area contributed by atoms with Gasteiger partial charge in [0.15, 0.2) is 6.10 Å². The Labute approximate surface area is 125 Å². The molecule has 1 amide bonds. The van der Waals surface area contributed by atoms with Gasteiger partial charge in [-0.05, 0) is 24.3 Å². The first-order valence-corrected chi connectivity index (χ1v) is 6.89. The zero-order chi connectivity index (χ0) is 14.7. The van der Waals surface area contributed by atoms with E-state index in [0.29, 0.717) is 24.3 Å². The molecule has 1 aromatic carbocycles. The minimum absolute atomic E-state index is 0.0546. The topological polar surface area (TPSA) is 66.8 Å². The number of benzene rings is 1. The molecule has 1 fully saturated rings. The molecule has 6 heteroatoms. The predicted molar refractivity (Wildman–Crippen MR) is 77.5 cm³/mol. The first-order chi connectivity index (χ1) is 9.47. The Kier molecular flexibility index (Phi) is 4.44. The predicted octanol–water partition coefficient (Wildman–Crippen LogP) is 2.16. The molecule has 1 N–H and O–H groups in total. The number of ether oxygens (including phenoxy) is 1. The zero-order valence-electron chi connectivity index (χ0n) is 10.9. The van der Waals surface area contributed by atoms with Crippen molar-refractivity contribution in [3.63, 3.8) is 0 Å². The smallest absolute Gasteiger partial charge is 0.328 e. The van der Waals surface area contributed by atoms with E-state index in [2.05, 4.69) is 15.9 Å². The van der Waals surface area contributed by atoms with Crippen molar-refractivity contribution >= 4 is 33.9 Å². The molecule has 2 rings (SSSR count). The number of carbonyl (C=O) groups is 2. The Hall–Kier alpha value is -1.82. The van der Waals surface area contributed by atoms with Crippen LogP contribution in [0.4, 0.5) is 0 Å². The summed E-state index contributed by atoms with van der Waals surface area (Å²) >= 11 is 3.33. The van der Waals surface area contributed by atoms with E-state index in [-0.39, 0.29) is 5.91 Å². The first kappa shape index (κ1) is 14.6. The third-order valence-electron chi connectivity index (χ3n) is 3.02. The van der Waals surface area contributed by atoms with Gasteiger partial charge in [-0.3, -0.25) is 4.79 Å². The summed E-state index contributed by atoms with van der Waals surface area (Å²) in [5, 5.41) is 8.70. The third-order valence-corrected chi connectivity index (χ3v) is 3.52. The Bertz CT molecular complexity index is 570. The molecule has 0 spiro atoms. The van der Waals surface area contributed by atoms with Crippen LogP contribution in [-0.4, -0.2) is 41.6 Å². The Balaban J connectivity index is 2.23. The number of carbonyl (C=O) groups excluding carboxylic acids is 1. The van der Waals surface area contributed by atoms with Crippen molar-refractivity contribution < 1.29 is 19.4 Å². The van der Waals surface area contributed by atoms with Crippen LogP contribution in [0.3, 0.4) is 0 Å². The van der Waals surface area contributed by atoms with E-state index in [1.165, 1.54) is 6.08 Å². The van der Waals surface area contributed by atoms with Gasteiger partial charge in [0.2, 0.25) is 0 Å². The number of likely N-dealkylation sites (N-methyl/N-ethyl adjacent to an activating group) is 1. The number of carboxylic acids is 1. The first-order valence-electron chi connectivity index (χ1n) is 6.09. The average molecular weight is 340 g/mol. The fourth-order valence-corrected chi connectivity index (χ4v) is 2.35. The van der Waals surface area contributed by atoms with Gasteiger partial charge in [-0.15, -0.1) is 0 Å². The van der Waals surface area contributed by atoms with E-state index in [4.69, 9.17) is 9.84 Å². The average Bonchev–Trinajstić information content (AvgIpc) is 2.71. The minimum Gasteiger partial charge on any atom is -0.480 e. The highest BCUT2D eigenvalue weighted by molar-refractivity contribution is 9.10. The molecule has 5 nitrogen and oxygen atoms in total. The van der Waals surface area contributed by atoms with Crippen molar-refractivity contribution in [3.05, 3.63) is 34.3 Å². The van der Waals surface area contributed by atoms with Crippen LogP contribution in [0.1, 0.15) is 12.0 Å². The van der Waals surface area contributed by atoms with Crippen LogP contribution >= 0.6 is 15.9 Å². The van der Waals surface area contributed by atoms with Crippen LogP contribution in [0.25, 0.3) is 6.08 Å². The molecule has 0 radical (unpaired) electrons. The minimum atomic E-state index is -1.03. The molecule has 0 aromatic heterocycles. The summed E-state index contributed by atoms with van der Waals surface area (Å²) < 4.78 is 6.53. The molecule has 1 aromatic rings. The van der Waals surface area contributed by atoms with Gasteiger partial charge in [0.05, 0.1) is 0 Å². The van der Waals surface area contributed by atoms with E-state index < -0.39 is 12.1 Å². The van der Waals surface area contributed by atoms with Gasteiger partial charge in [0, 0.05) is 36.1 Å². The molecular weight excluding hydrogens is 326 g/mol. The van der Waals surface area contributed by atoms with Crippen molar-refractivity contribution in [2.75, 3.05) is 13.6 Å². The van der Waals surface area contributed by atoms with E-state index in [0.717, 1.165) is 10.5 Å². The van der Waals surface area contributed by atoms with Gasteiger partial charge in [-0.1, -0.05) is 15.9 Å². The Morgan fingerprint density at radius 3 is 2.90 bits per heavy atom. The summed E-state index contributed by atoms with van der Waals surface area (Å²) in [5.41, 5.74) is 0.615. The van der Waals surface area contributed by atoms with Crippen LogP contribution in [0.2, 0.25) is 0 Å². The molecule has 1 aliphatic rings. The van der Waals surface area contributed by atoms with Gasteiger partial charge in [-0.2, -0.15) is 0 Å². The maximum Gasteiger partial charge on any atom is 0.328 e. The lowest BCUT2D eigenvalue weighted by Gasteiger charge is -2.15. The maximum atomic E-state index is 11.8. The van der Waals surface area contributed by atoms with E-state index in [1.807, 2.05) is 0 Å². The number of amides is 1. The summed E-state index contributed by atoms with van der Waals surface area (Å²) in [6.07, 6.45) is 2.62. The third kappa shape index (κ3) is 3.39. The number of hydrogen-bond donors (Lipinski definition) is 1. The number of halogens is 1. The standard InChI is InChI=1S/C14H14BrNO4/c1-16-7-6-12(14(16)19)20-11-4-3-10(15)8-9(11)2-5-13(17)18/h2-5,8,12H,6-7H2,1H3,(H,17,18). The maximum absolute atomic E-state index is 11.8. The molecule has 1 heterocycles. The largest absolute Gasteiger partial charge is 0.480 e. The van der Waals surface area contributed by atoms with Crippen molar-refractivity contribution in [2.45, 2.75) is 12.5 Å². The number of nitrogens with zero attached hydrogens (tertiary/aromatic N) is 1. The van der Waals surface area contributed by atoms with Gasteiger partial charge >= 0.3 is 5.97 Å². The van der Waals surface area contributed by atoms with Gasteiger partial charge < -0.3 is 14.7 Å². The second kappa shape index (κ2) is 6.09. The summed E-state index contributed by atoms with van der Waals surface area (Å²) in [6, 6.07) is 5.26. The number of carboxylic acid groups (broad SMARTS) is 1. The highest BCUT2D eigenvalue weighted by Gasteiger charge is 2.31. The van der Waals surface area contributed by atoms with Crippen LogP contribution in [0.15, 0.2) is 28.7 Å². The van der Waals surface area contributed by atoms with Crippen LogP contribution < -0.4 is 4.74 Å². The second-order valence-electron chi connectivity index (χ2n) is 4.51. The highest BCUT2D eigenvalue weighted by atomic mass is 79.9. The quantitative estimate of drug-likeness (QED) is 0.853. The molecule has 1 unspecified atom stereocenters. The SMILES string of the molecule is CN1CCC(Oc2ccc(Br)cc2C=CC(=O)O)C1=O. The van der Waals surface area contributed by atoms with Gasteiger partial charge in [0.1, 0.15) is 5.75 Å². The normalized spacial score (nSPS) is 18.8. The molecule has 106 valence electrons. The van der Waals surface area contributed by atoms with E-state index in [9.17, 15) is 9.59 Å². The lowest BCUT2D eigenvalue weighted by molar-refractivity contribution is -0.132. The van der Waals surface area contributed by atoms with Crippen LogP contribution in [0, 0.1) is 0 Å². The number of rotatable bonds is 4. The number of aliphatic carboxylic acids is 1. The second-order valence-corrected chi connectivity index (χ2v) is 5.42. The fraction of sp³-hybridized carbons (Fsp3) is 0.286. The molecule has 1 aliphatic heterocycles. The Morgan fingerprint density at radius 2 is 2.30 bits per heavy atom. The summed E-state index contributed by atoms with van der Waals surface area (Å²) in [7, 11) is 1.73. The van der Waals surface area contributed by atoms with Crippen molar-refractivity contribution in [3.8, 4) is 5.75 Å². The molecule has 0 saturated carbocycles. The molecule has 1 saturated heterocycles. The van der Waals surface area contributed by atoms with Crippen molar-refractivity contribution in [1.82, 2.24) is 4.90 Å². The summed E-state index contributed by atoms with van der Waals surface area (Å²) in [5.74, 6) is -0.590. The lowest BCUT2D eigenvalue weighted by Crippen LogP contribution is -2.29. The van der Waals surface area contributed by atoms with E-state index >= 15 is 0 Å². The number of likely N-dealkylation sites (tertiary alicyclic amines) is 1. The molecule has 1 atom stereocenters. The molecular formula is C14H14BrNO4. The monoisotopic (exact) mass is 339 g/mol. The summed E-state index contributed by atoms with van der Waals surface area (Å²) in [4.78, 5) is 24.1. The lowest BCUT2D eigenvalue weighted by atomic mass is 10.2. The van der Waals surface area contributed by atoms with Gasteiger partial charge in [-0.25, -0.2) is 4.79 Å². The fourth-order valence-electron chi connectivity index (χ4n) is 1.97. The molecule has 0 bridgehead atoms. The number of hydrogen-bond acceptors (Lipinski definition) is 3. The molecule has 0 aliphatic carbocycles. The van der Waals surface area contributed by atoms with Crippen LogP contribution in [-0.2, 0) is 9.59 Å².